The van der Waals surface area contributed by atoms with Crippen LogP contribution in [0.5, 0.6) is 0 Å². The van der Waals surface area contributed by atoms with E-state index in [4.69, 9.17) is 9.97 Å². The molecule has 0 radical (unpaired) electrons. The van der Waals surface area contributed by atoms with Gasteiger partial charge in [-0.2, -0.15) is 10.5 Å². The molecule has 2 aromatic heterocycles. The molecule has 7 rings (SSSR count). The van der Waals surface area contributed by atoms with Crippen LogP contribution < -0.4 is 0 Å². The van der Waals surface area contributed by atoms with E-state index in [9.17, 15) is 19.3 Å². The summed E-state index contributed by atoms with van der Waals surface area (Å²) in [6.45, 7) is 0. The van der Waals surface area contributed by atoms with Crippen LogP contribution in [-0.4, -0.2) is 9.97 Å². The second kappa shape index (κ2) is 11.4. The Morgan fingerprint density at radius 2 is 1.02 bits per heavy atom. The molecule has 0 fully saturated rings. The molecule has 210 valence electrons. The number of aromatic nitrogens is 2. The monoisotopic (exact) mass is 751 g/mol. The zero-order valence-corrected chi connectivity index (χ0v) is 25.0. The molecule has 1 aliphatic carbocycles. The second-order valence-electron chi connectivity index (χ2n) is 10.1. The van der Waals surface area contributed by atoms with Crippen molar-refractivity contribution in [2.24, 2.45) is 0 Å². The van der Waals surface area contributed by atoms with E-state index in [1.165, 1.54) is 12.1 Å². The predicted molar refractivity (Wildman–Crippen MR) is 157 cm³/mol. The van der Waals surface area contributed by atoms with E-state index < -0.39 is 17.0 Å². The molecular formula is C37H18F2N4Pt. The molecule has 0 spiro atoms. The van der Waals surface area contributed by atoms with Crippen LogP contribution in [0.4, 0.5) is 8.78 Å². The van der Waals surface area contributed by atoms with Gasteiger partial charge in [-0.05, 0) is 45.8 Å². The van der Waals surface area contributed by atoms with E-state index in [1.807, 2.05) is 60.7 Å². The molecule has 0 saturated carbocycles. The van der Waals surface area contributed by atoms with Crippen LogP contribution in [0.1, 0.15) is 33.6 Å². The Hall–Kier alpha value is -5.29. The van der Waals surface area contributed by atoms with Crippen LogP contribution in [0.15, 0.2) is 109 Å². The number of pyridine rings is 2. The summed E-state index contributed by atoms with van der Waals surface area (Å²) in [6.07, 6.45) is 0. The summed E-state index contributed by atoms with van der Waals surface area (Å²) in [5.41, 5.74) is 6.26. The summed E-state index contributed by atoms with van der Waals surface area (Å²) in [5.74, 6) is -1.29. The number of nitrogens with zero attached hydrogens (tertiary/aromatic N) is 4. The van der Waals surface area contributed by atoms with Crippen molar-refractivity contribution in [3.05, 3.63) is 167 Å². The molecule has 0 saturated heterocycles. The van der Waals surface area contributed by atoms with Gasteiger partial charge in [0.2, 0.25) is 0 Å². The summed E-state index contributed by atoms with van der Waals surface area (Å²) in [6, 6.07) is 42.2. The Balaban J connectivity index is 0.00000343. The Kier molecular flexibility index (Phi) is 7.48. The standard InChI is InChI=1S/C37H18F2N4.Pt/c38-31-17-15-23(19-25(31)21-40)33-11-5-13-35(42-33)37(29-9-3-1-7-27(29)28-8-2-4-10-30(28)37)36-14-6-12-34(43-36)24-16-18-32(39)26(20-24)22-41;/h1-14,17-20H;/q-2;+2. The molecule has 0 N–H and O–H groups in total. The molecule has 4 aromatic carbocycles. The van der Waals surface area contributed by atoms with Gasteiger partial charge in [-0.15, -0.1) is 47.5 Å². The van der Waals surface area contributed by atoms with Gasteiger partial charge >= 0.3 is 21.1 Å². The van der Waals surface area contributed by atoms with Gasteiger partial charge in [-0.3, -0.25) is 18.7 Å². The van der Waals surface area contributed by atoms with Crippen molar-refractivity contribution < 1.29 is 29.8 Å². The van der Waals surface area contributed by atoms with Gasteiger partial charge in [0.15, 0.2) is 0 Å². The molecule has 44 heavy (non-hydrogen) atoms. The molecule has 6 aromatic rings. The van der Waals surface area contributed by atoms with E-state index >= 15 is 0 Å². The first kappa shape index (κ1) is 28.8. The molecule has 0 amide bonds. The van der Waals surface area contributed by atoms with E-state index in [0.29, 0.717) is 33.9 Å². The van der Waals surface area contributed by atoms with Crippen LogP contribution >= 0.6 is 0 Å². The number of nitriles is 2. The van der Waals surface area contributed by atoms with Crippen molar-refractivity contribution in [1.82, 2.24) is 9.97 Å². The summed E-state index contributed by atoms with van der Waals surface area (Å²) in [7, 11) is 0. The zero-order valence-electron chi connectivity index (χ0n) is 22.8. The van der Waals surface area contributed by atoms with Crippen molar-refractivity contribution in [2.75, 3.05) is 0 Å². The Morgan fingerprint density at radius 1 is 0.591 bits per heavy atom. The fourth-order valence-corrected chi connectivity index (χ4v) is 5.92. The fraction of sp³-hybridized carbons (Fsp3) is 0.0270. The number of hydrogen-bond donors (Lipinski definition) is 0. The molecule has 4 nitrogen and oxygen atoms in total. The second-order valence-corrected chi connectivity index (χ2v) is 10.1. The first-order chi connectivity index (χ1) is 21.0. The van der Waals surface area contributed by atoms with Gasteiger partial charge in [0.25, 0.3) is 0 Å². The maximum absolute atomic E-state index is 14.1. The number of fused-ring (bicyclic) bond motifs is 3. The summed E-state index contributed by atoms with van der Waals surface area (Å²) in [5, 5.41) is 18.8. The molecule has 0 aliphatic heterocycles. The van der Waals surface area contributed by atoms with E-state index in [-0.39, 0.29) is 32.2 Å². The third-order valence-corrected chi connectivity index (χ3v) is 7.81. The van der Waals surface area contributed by atoms with E-state index in [2.05, 4.69) is 36.4 Å². The third-order valence-electron chi connectivity index (χ3n) is 7.81. The van der Waals surface area contributed by atoms with E-state index in [1.54, 1.807) is 12.1 Å². The average Bonchev–Trinajstić information content (AvgIpc) is 3.36. The van der Waals surface area contributed by atoms with Crippen molar-refractivity contribution >= 4 is 0 Å². The van der Waals surface area contributed by atoms with Gasteiger partial charge in [0, 0.05) is 11.1 Å². The van der Waals surface area contributed by atoms with Gasteiger partial charge in [-0.25, -0.2) is 0 Å². The zero-order chi connectivity index (χ0) is 29.6. The Bertz CT molecular complexity index is 2010. The topological polar surface area (TPSA) is 73.4 Å². The Labute approximate surface area is 267 Å². The molecule has 0 atom stereocenters. The van der Waals surface area contributed by atoms with Crippen LogP contribution in [0.2, 0.25) is 0 Å². The average molecular weight is 752 g/mol. The summed E-state index contributed by atoms with van der Waals surface area (Å²) >= 11 is 0. The SMILES string of the molecule is N#Cc1cc(-c2cccc(C3(c4cccc(-c5[c-]cc(F)c(C#N)c5)n4)c4ccccc4-c4ccccc43)n2)[c-]cc1F.[Pt+2]. The summed E-state index contributed by atoms with van der Waals surface area (Å²) < 4.78 is 28.3. The van der Waals surface area contributed by atoms with Crippen LogP contribution in [0, 0.1) is 46.4 Å². The number of hydrogen-bond acceptors (Lipinski definition) is 4. The first-order valence-corrected chi connectivity index (χ1v) is 13.4. The van der Waals surface area contributed by atoms with Crippen LogP contribution in [0.25, 0.3) is 33.6 Å². The quantitative estimate of drug-likeness (QED) is 0.172. The molecule has 0 bridgehead atoms. The van der Waals surface area contributed by atoms with Gasteiger partial charge < -0.3 is 0 Å². The normalized spacial score (nSPS) is 12.3. The molecular weight excluding hydrogens is 734 g/mol. The van der Waals surface area contributed by atoms with Gasteiger partial charge in [-0.1, -0.05) is 72.8 Å². The minimum absolute atomic E-state index is 0. The van der Waals surface area contributed by atoms with Crippen molar-refractivity contribution in [3.63, 3.8) is 0 Å². The van der Waals surface area contributed by atoms with Crippen molar-refractivity contribution in [2.45, 2.75) is 5.41 Å². The largest absolute Gasteiger partial charge is 2.00 e. The fourth-order valence-electron chi connectivity index (χ4n) is 5.92. The maximum atomic E-state index is 14.1. The molecule has 1 aliphatic rings. The smallest absolute Gasteiger partial charge is 0.300 e. The van der Waals surface area contributed by atoms with Gasteiger partial charge in [0.1, 0.15) is 5.41 Å². The number of benzene rings is 4. The molecule has 2 heterocycles. The van der Waals surface area contributed by atoms with Crippen LogP contribution in [0.3, 0.4) is 0 Å². The number of rotatable bonds is 4. The van der Waals surface area contributed by atoms with E-state index in [0.717, 1.165) is 34.4 Å². The Morgan fingerprint density at radius 3 is 1.45 bits per heavy atom. The summed E-state index contributed by atoms with van der Waals surface area (Å²) in [4.78, 5) is 10.2. The van der Waals surface area contributed by atoms with Gasteiger partial charge in [0.05, 0.1) is 35.2 Å². The maximum Gasteiger partial charge on any atom is 2.00 e. The third kappa shape index (κ3) is 4.44. The molecule has 0 unspecified atom stereocenters. The minimum atomic E-state index is -0.963. The van der Waals surface area contributed by atoms with Crippen molar-refractivity contribution in [1.29, 1.82) is 10.5 Å². The van der Waals surface area contributed by atoms with Crippen molar-refractivity contribution in [3.8, 4) is 45.8 Å². The predicted octanol–water partition coefficient (Wildman–Crippen LogP) is 7.79. The molecule has 7 heteroatoms. The minimum Gasteiger partial charge on any atom is -0.300 e. The first-order valence-electron chi connectivity index (χ1n) is 13.4. The number of halogens is 2. The van der Waals surface area contributed by atoms with Crippen LogP contribution in [-0.2, 0) is 26.5 Å².